The van der Waals surface area contributed by atoms with Crippen LogP contribution in [0.25, 0.3) is 54.1 Å². The summed E-state index contributed by atoms with van der Waals surface area (Å²) in [7, 11) is 0. The number of rotatable bonds is 0. The number of hydrogen-bond donors (Lipinski definition) is 0. The summed E-state index contributed by atoms with van der Waals surface area (Å²) in [6.45, 7) is 0. The Hall–Kier alpha value is -4.54. The summed E-state index contributed by atoms with van der Waals surface area (Å²) in [6.07, 6.45) is 0. The second kappa shape index (κ2) is 5.98. The molecule has 0 spiro atoms. The molecule has 0 fully saturated rings. The van der Waals surface area contributed by atoms with Crippen molar-refractivity contribution in [3.63, 3.8) is 0 Å². The number of benzene rings is 5. The van der Waals surface area contributed by atoms with E-state index in [0.717, 1.165) is 43.1 Å². The van der Waals surface area contributed by atoms with E-state index in [0.29, 0.717) is 11.0 Å². The van der Waals surface area contributed by atoms with Crippen LogP contribution in [0.15, 0.2) is 72.8 Å². The van der Waals surface area contributed by atoms with E-state index in [2.05, 4.69) is 58.5 Å². The quantitative estimate of drug-likeness (QED) is 0.240. The lowest BCUT2D eigenvalue weighted by Gasteiger charge is -2.13. The maximum absolute atomic E-state index is 9.55. The van der Waals surface area contributed by atoms with E-state index in [1.807, 2.05) is 36.4 Å². The van der Waals surface area contributed by atoms with Crippen LogP contribution in [0.3, 0.4) is 0 Å². The predicted octanol–water partition coefficient (Wildman–Crippen LogP) is 5.99. The van der Waals surface area contributed by atoms with Crippen molar-refractivity contribution < 1.29 is 0 Å². The Bertz CT molecular complexity index is 1760. The van der Waals surface area contributed by atoms with Crippen LogP contribution in [-0.4, -0.2) is 9.97 Å². The fraction of sp³-hybridized carbons (Fsp3) is 0. The Balaban J connectivity index is 2.00. The Labute approximate surface area is 171 Å². The van der Waals surface area contributed by atoms with Crippen molar-refractivity contribution in [2.24, 2.45) is 0 Å². The Morgan fingerprint density at radius 1 is 0.533 bits per heavy atom. The fourth-order valence-electron chi connectivity index (χ4n) is 4.36. The number of fused-ring (bicyclic) bond motifs is 9. The Morgan fingerprint density at radius 2 is 1.13 bits per heavy atom. The minimum Gasteiger partial charge on any atom is -0.232 e. The molecule has 6 aromatic rings. The third-order valence-electron chi connectivity index (χ3n) is 5.70. The van der Waals surface area contributed by atoms with E-state index >= 15 is 0 Å². The van der Waals surface area contributed by atoms with E-state index < -0.39 is 0 Å². The molecule has 4 heteroatoms. The molecule has 0 bridgehead atoms. The van der Waals surface area contributed by atoms with Crippen LogP contribution in [-0.2, 0) is 0 Å². The van der Waals surface area contributed by atoms with Gasteiger partial charge in [0, 0.05) is 10.8 Å². The number of aromatic nitrogens is 2. The van der Waals surface area contributed by atoms with Crippen LogP contribution in [0.1, 0.15) is 11.4 Å². The van der Waals surface area contributed by atoms with Crippen LogP contribution < -0.4 is 0 Å². The highest BCUT2D eigenvalue weighted by atomic mass is 14.8. The zero-order valence-electron chi connectivity index (χ0n) is 15.7. The van der Waals surface area contributed by atoms with Gasteiger partial charge in [0.2, 0.25) is 0 Å². The normalized spacial score (nSPS) is 11.3. The Kier molecular flexibility index (Phi) is 3.27. The third-order valence-corrected chi connectivity index (χ3v) is 5.70. The molecule has 0 saturated carbocycles. The van der Waals surface area contributed by atoms with Gasteiger partial charge in [0.15, 0.2) is 11.4 Å². The van der Waals surface area contributed by atoms with Crippen LogP contribution >= 0.6 is 0 Å². The molecule has 0 aliphatic heterocycles. The lowest BCUT2D eigenvalue weighted by molar-refractivity contribution is 1.21. The standard InChI is InChI=1S/C26H12N4/c27-13-22-23(14-28)30-26-24-18-8-4-3-5-15(18)9-10-19(24)20-11-16-6-1-2-7-17(16)12-21(20)25(26)29-22/h1-12H. The van der Waals surface area contributed by atoms with Crippen molar-refractivity contribution in [1.82, 2.24) is 9.97 Å². The third kappa shape index (κ3) is 2.13. The van der Waals surface area contributed by atoms with Crippen LogP contribution in [0.2, 0.25) is 0 Å². The van der Waals surface area contributed by atoms with Crippen molar-refractivity contribution >= 4 is 54.1 Å². The van der Waals surface area contributed by atoms with Gasteiger partial charge in [-0.3, -0.25) is 0 Å². The molecular formula is C26H12N4. The molecule has 0 radical (unpaired) electrons. The summed E-state index contributed by atoms with van der Waals surface area (Å²) in [6, 6.07) is 28.9. The molecule has 0 aliphatic rings. The average Bonchev–Trinajstić information content (AvgIpc) is 2.81. The summed E-state index contributed by atoms with van der Waals surface area (Å²) in [4.78, 5) is 9.24. The summed E-state index contributed by atoms with van der Waals surface area (Å²) in [5.41, 5.74) is 1.41. The van der Waals surface area contributed by atoms with Gasteiger partial charge in [-0.25, -0.2) is 9.97 Å². The first-order valence-electron chi connectivity index (χ1n) is 9.56. The van der Waals surface area contributed by atoms with Gasteiger partial charge in [0.1, 0.15) is 12.1 Å². The summed E-state index contributed by atoms with van der Waals surface area (Å²) < 4.78 is 0. The highest BCUT2D eigenvalue weighted by Crippen LogP contribution is 2.39. The molecular weight excluding hydrogens is 368 g/mol. The van der Waals surface area contributed by atoms with Crippen LogP contribution in [0, 0.1) is 22.7 Å². The first-order chi connectivity index (χ1) is 14.8. The molecule has 6 rings (SSSR count). The summed E-state index contributed by atoms with van der Waals surface area (Å²) in [5, 5.41) is 27.5. The number of nitriles is 2. The minimum atomic E-state index is 0.0547. The van der Waals surface area contributed by atoms with Crippen molar-refractivity contribution in [1.29, 1.82) is 10.5 Å². The molecule has 0 saturated heterocycles. The Morgan fingerprint density at radius 3 is 1.83 bits per heavy atom. The van der Waals surface area contributed by atoms with E-state index in [4.69, 9.17) is 0 Å². The van der Waals surface area contributed by atoms with Crippen molar-refractivity contribution in [3.8, 4) is 12.1 Å². The maximum Gasteiger partial charge on any atom is 0.177 e. The van der Waals surface area contributed by atoms with Crippen molar-refractivity contribution in [2.45, 2.75) is 0 Å². The van der Waals surface area contributed by atoms with E-state index in [1.54, 1.807) is 0 Å². The SMILES string of the molecule is N#Cc1nc2c3cc4ccccc4cc3c3ccc4ccccc4c3c2nc1C#N. The predicted molar refractivity (Wildman–Crippen MR) is 119 cm³/mol. The highest BCUT2D eigenvalue weighted by molar-refractivity contribution is 6.30. The zero-order chi connectivity index (χ0) is 20.2. The van der Waals surface area contributed by atoms with Gasteiger partial charge in [-0.05, 0) is 44.5 Å². The average molecular weight is 380 g/mol. The van der Waals surface area contributed by atoms with E-state index in [-0.39, 0.29) is 11.4 Å². The highest BCUT2D eigenvalue weighted by Gasteiger charge is 2.17. The van der Waals surface area contributed by atoms with Crippen LogP contribution in [0.5, 0.6) is 0 Å². The van der Waals surface area contributed by atoms with Crippen LogP contribution in [0.4, 0.5) is 0 Å². The van der Waals surface area contributed by atoms with Gasteiger partial charge < -0.3 is 0 Å². The van der Waals surface area contributed by atoms with Crippen molar-refractivity contribution in [3.05, 3.63) is 84.2 Å². The largest absolute Gasteiger partial charge is 0.232 e. The second-order valence-electron chi connectivity index (χ2n) is 7.30. The topological polar surface area (TPSA) is 73.4 Å². The molecule has 1 heterocycles. The summed E-state index contributed by atoms with van der Waals surface area (Å²) in [5.74, 6) is 0. The van der Waals surface area contributed by atoms with E-state index in [9.17, 15) is 10.5 Å². The second-order valence-corrected chi connectivity index (χ2v) is 7.30. The van der Waals surface area contributed by atoms with Crippen molar-refractivity contribution in [2.75, 3.05) is 0 Å². The summed E-state index contributed by atoms with van der Waals surface area (Å²) >= 11 is 0. The van der Waals surface area contributed by atoms with Gasteiger partial charge in [-0.15, -0.1) is 0 Å². The van der Waals surface area contributed by atoms with Gasteiger partial charge in [-0.1, -0.05) is 60.7 Å². The monoisotopic (exact) mass is 380 g/mol. The zero-order valence-corrected chi connectivity index (χ0v) is 15.7. The molecule has 4 nitrogen and oxygen atoms in total. The maximum atomic E-state index is 9.55. The molecule has 0 amide bonds. The molecule has 0 aliphatic carbocycles. The fourth-order valence-corrected chi connectivity index (χ4v) is 4.36. The number of nitrogens with zero attached hydrogens (tertiary/aromatic N) is 4. The van der Waals surface area contributed by atoms with Gasteiger partial charge >= 0.3 is 0 Å². The van der Waals surface area contributed by atoms with Gasteiger partial charge in [0.05, 0.1) is 11.0 Å². The first kappa shape index (κ1) is 16.4. The minimum absolute atomic E-state index is 0.0547. The van der Waals surface area contributed by atoms with E-state index in [1.165, 1.54) is 0 Å². The lowest BCUT2D eigenvalue weighted by atomic mass is 9.93. The molecule has 0 unspecified atom stereocenters. The molecule has 1 aromatic heterocycles. The molecule has 0 N–H and O–H groups in total. The van der Waals surface area contributed by atoms with Gasteiger partial charge in [-0.2, -0.15) is 10.5 Å². The molecule has 30 heavy (non-hydrogen) atoms. The van der Waals surface area contributed by atoms with Gasteiger partial charge in [0.25, 0.3) is 0 Å². The number of hydrogen-bond acceptors (Lipinski definition) is 4. The smallest absolute Gasteiger partial charge is 0.177 e. The molecule has 0 atom stereocenters. The lowest BCUT2D eigenvalue weighted by Crippen LogP contribution is -1.98. The first-order valence-corrected chi connectivity index (χ1v) is 9.56. The molecule has 136 valence electrons. The molecule has 5 aromatic carbocycles.